The molecule has 1 aromatic heterocycles. The first-order valence-corrected chi connectivity index (χ1v) is 10.8. The lowest BCUT2D eigenvalue weighted by molar-refractivity contribution is -0.122. The average Bonchev–Trinajstić information content (AvgIpc) is 3.32. The molecule has 0 bridgehead atoms. The van der Waals surface area contributed by atoms with E-state index in [2.05, 4.69) is 39.0 Å². The summed E-state index contributed by atoms with van der Waals surface area (Å²) in [5, 5.41) is 0. The van der Waals surface area contributed by atoms with E-state index < -0.39 is 6.10 Å². The molecule has 1 aliphatic rings. The van der Waals surface area contributed by atoms with E-state index >= 15 is 0 Å². The van der Waals surface area contributed by atoms with Crippen LogP contribution in [-0.2, 0) is 20.7 Å². The second kappa shape index (κ2) is 12.3. The first kappa shape index (κ1) is 23.8. The van der Waals surface area contributed by atoms with Gasteiger partial charge < -0.3 is 13.9 Å². The molecule has 1 atom stereocenters. The minimum Gasteiger partial charge on any atom is -0.472 e. The van der Waals surface area contributed by atoms with E-state index in [4.69, 9.17) is 13.9 Å². The van der Waals surface area contributed by atoms with Crippen LogP contribution < -0.4 is 0 Å². The van der Waals surface area contributed by atoms with Crippen molar-refractivity contribution in [3.63, 3.8) is 0 Å². The average molecular weight is 413 g/mol. The first-order chi connectivity index (χ1) is 14.4. The van der Waals surface area contributed by atoms with Crippen molar-refractivity contribution in [2.75, 3.05) is 7.11 Å². The van der Waals surface area contributed by atoms with Crippen molar-refractivity contribution < 1.29 is 18.7 Å². The third-order valence-corrected chi connectivity index (χ3v) is 5.48. The molecule has 0 aromatic carbocycles. The Morgan fingerprint density at radius 2 is 1.67 bits per heavy atom. The molecule has 2 rings (SSSR count). The monoisotopic (exact) mass is 412 g/mol. The molecule has 4 heteroatoms. The molecule has 1 unspecified atom stereocenters. The molecular weight excluding hydrogens is 376 g/mol. The molecule has 2 heterocycles. The van der Waals surface area contributed by atoms with Gasteiger partial charge in [0.25, 0.3) is 5.95 Å². The van der Waals surface area contributed by atoms with Crippen molar-refractivity contribution in [3.8, 4) is 0 Å². The zero-order chi connectivity index (χ0) is 21.9. The van der Waals surface area contributed by atoms with Crippen LogP contribution in [-0.4, -0.2) is 19.0 Å². The fourth-order valence-corrected chi connectivity index (χ4v) is 3.54. The van der Waals surface area contributed by atoms with Gasteiger partial charge in [0, 0.05) is 6.42 Å². The number of furan rings is 1. The number of carbonyl (C=O) groups excluding carboxylic acids is 1. The summed E-state index contributed by atoms with van der Waals surface area (Å²) >= 11 is 0. The molecule has 0 N–H and O–H groups in total. The fraction of sp³-hybridized carbons (Fsp3) is 0.500. The molecule has 0 fully saturated rings. The Hall–Kier alpha value is -2.49. The summed E-state index contributed by atoms with van der Waals surface area (Å²) in [7, 11) is 1.53. The number of hydrogen-bond acceptors (Lipinski definition) is 4. The lowest BCUT2D eigenvalue weighted by Crippen LogP contribution is -2.18. The van der Waals surface area contributed by atoms with E-state index in [-0.39, 0.29) is 5.78 Å². The fourth-order valence-electron chi connectivity index (χ4n) is 3.54. The summed E-state index contributed by atoms with van der Waals surface area (Å²) in [4.78, 5) is 12.2. The Balaban J connectivity index is 1.65. The summed E-state index contributed by atoms with van der Waals surface area (Å²) in [6.07, 6.45) is 16.9. The number of carbonyl (C=O) groups is 1. The molecule has 30 heavy (non-hydrogen) atoms. The number of aryl methyl sites for hydroxylation is 1. The molecule has 164 valence electrons. The molecule has 1 aliphatic heterocycles. The van der Waals surface area contributed by atoms with Gasteiger partial charge >= 0.3 is 0 Å². The smallest absolute Gasteiger partial charge is 0.286 e. The van der Waals surface area contributed by atoms with E-state index in [1.165, 1.54) is 29.4 Å². The third-order valence-electron chi connectivity index (χ3n) is 5.48. The quantitative estimate of drug-likeness (QED) is 0.352. The highest BCUT2D eigenvalue weighted by atomic mass is 16.7. The molecule has 0 radical (unpaired) electrons. The van der Waals surface area contributed by atoms with Crippen LogP contribution in [0.25, 0.3) is 0 Å². The van der Waals surface area contributed by atoms with Crippen molar-refractivity contribution in [2.24, 2.45) is 0 Å². The van der Waals surface area contributed by atoms with E-state index in [9.17, 15) is 4.79 Å². The summed E-state index contributed by atoms with van der Waals surface area (Å²) < 4.78 is 15.8. The largest absolute Gasteiger partial charge is 0.472 e. The maximum Gasteiger partial charge on any atom is 0.286 e. The summed E-state index contributed by atoms with van der Waals surface area (Å²) in [6, 6.07) is 2.03. The number of rotatable bonds is 12. The highest BCUT2D eigenvalue weighted by Gasteiger charge is 2.33. The minimum absolute atomic E-state index is 0.0314. The van der Waals surface area contributed by atoms with Crippen molar-refractivity contribution >= 4 is 5.78 Å². The van der Waals surface area contributed by atoms with Crippen molar-refractivity contribution in [1.82, 2.24) is 0 Å². The highest BCUT2D eigenvalue weighted by molar-refractivity contribution is 6.00. The topological polar surface area (TPSA) is 48.7 Å². The number of methoxy groups -OCH3 is 1. The normalized spacial score (nSPS) is 18.2. The van der Waals surface area contributed by atoms with Gasteiger partial charge in [0.05, 0.1) is 25.2 Å². The van der Waals surface area contributed by atoms with Gasteiger partial charge in [-0.1, -0.05) is 34.9 Å². The van der Waals surface area contributed by atoms with Gasteiger partial charge in [0.15, 0.2) is 6.10 Å². The van der Waals surface area contributed by atoms with Gasteiger partial charge in [-0.05, 0) is 77.8 Å². The predicted molar refractivity (Wildman–Crippen MR) is 121 cm³/mol. The van der Waals surface area contributed by atoms with Gasteiger partial charge in [0.2, 0.25) is 5.78 Å². The summed E-state index contributed by atoms with van der Waals surface area (Å²) in [5.41, 5.74) is 5.88. The lowest BCUT2D eigenvalue weighted by atomic mass is 10.0. The van der Waals surface area contributed by atoms with Gasteiger partial charge in [0.1, 0.15) is 0 Å². The molecule has 1 aromatic rings. The van der Waals surface area contributed by atoms with Crippen molar-refractivity contribution in [1.29, 1.82) is 0 Å². The SMILES string of the molecule is COC1=C(C)C(=O)C(C/C(C)=C/CC/C(C)=C\CC/C(C)=C\CCc2ccoc2)O1. The van der Waals surface area contributed by atoms with Crippen LogP contribution >= 0.6 is 0 Å². The number of allylic oxidation sites excluding steroid dienone is 5. The van der Waals surface area contributed by atoms with E-state index in [1.54, 1.807) is 13.2 Å². The van der Waals surface area contributed by atoms with E-state index in [1.807, 2.05) is 12.3 Å². The molecular formula is C26H36O4. The highest BCUT2D eigenvalue weighted by Crippen LogP contribution is 2.26. The summed E-state index contributed by atoms with van der Waals surface area (Å²) in [6.45, 7) is 8.23. The van der Waals surface area contributed by atoms with E-state index in [0.29, 0.717) is 17.9 Å². The van der Waals surface area contributed by atoms with Crippen LogP contribution in [0, 0.1) is 0 Å². The Kier molecular flexibility index (Phi) is 9.72. The van der Waals surface area contributed by atoms with Crippen LogP contribution in [0.4, 0.5) is 0 Å². The van der Waals surface area contributed by atoms with Crippen LogP contribution in [0.1, 0.15) is 71.8 Å². The standard InChI is InChI=1S/C26H36O4/c1-19(9-6-10-20(2)12-8-14-23-15-16-29-18-23)11-7-13-21(3)17-24-25(27)22(4)26(28-5)30-24/h9,12-13,15-16,18,24H,6-8,10-11,14,17H2,1-5H3/b19-9-,20-12-,21-13+. The number of Topliss-reactive ketones (excluding diaryl/α,β-unsaturated/α-hetero) is 1. The lowest BCUT2D eigenvalue weighted by Gasteiger charge is -2.11. The Morgan fingerprint density at radius 1 is 1.03 bits per heavy atom. The van der Waals surface area contributed by atoms with Gasteiger partial charge in [-0.15, -0.1) is 0 Å². The second-order valence-electron chi connectivity index (χ2n) is 8.19. The second-order valence-corrected chi connectivity index (χ2v) is 8.19. The van der Waals surface area contributed by atoms with Gasteiger partial charge in [-0.2, -0.15) is 0 Å². The zero-order valence-corrected chi connectivity index (χ0v) is 19.1. The minimum atomic E-state index is -0.434. The Labute approximate surface area is 181 Å². The van der Waals surface area contributed by atoms with Crippen LogP contribution in [0.15, 0.2) is 69.5 Å². The third kappa shape index (κ3) is 7.74. The van der Waals surface area contributed by atoms with Crippen LogP contribution in [0.5, 0.6) is 0 Å². The van der Waals surface area contributed by atoms with Gasteiger partial charge in [-0.25, -0.2) is 0 Å². The molecule has 0 saturated carbocycles. The molecule has 0 saturated heterocycles. The van der Waals surface area contributed by atoms with Gasteiger partial charge in [-0.3, -0.25) is 4.79 Å². The molecule has 0 amide bonds. The maximum absolute atomic E-state index is 12.2. The molecule has 0 spiro atoms. The molecule has 4 nitrogen and oxygen atoms in total. The van der Waals surface area contributed by atoms with Crippen LogP contribution in [0.2, 0.25) is 0 Å². The van der Waals surface area contributed by atoms with Crippen molar-refractivity contribution in [3.05, 3.63) is 70.6 Å². The predicted octanol–water partition coefficient (Wildman–Crippen LogP) is 6.85. The Morgan fingerprint density at radius 3 is 2.23 bits per heavy atom. The van der Waals surface area contributed by atoms with Crippen molar-refractivity contribution in [2.45, 2.75) is 78.7 Å². The number of ether oxygens (including phenoxy) is 2. The zero-order valence-electron chi connectivity index (χ0n) is 19.1. The number of hydrogen-bond donors (Lipinski definition) is 0. The number of ketones is 1. The molecule has 0 aliphatic carbocycles. The van der Waals surface area contributed by atoms with Crippen LogP contribution in [0.3, 0.4) is 0 Å². The van der Waals surface area contributed by atoms with E-state index in [0.717, 1.165) is 38.5 Å². The Bertz CT molecular complexity index is 806. The maximum atomic E-state index is 12.2. The summed E-state index contributed by atoms with van der Waals surface area (Å²) in [5.74, 6) is 0.395. The first-order valence-electron chi connectivity index (χ1n) is 10.8.